The number of rotatable bonds is 33. The number of hydrogen-bond acceptors (Lipinski definition) is 27. The highest BCUT2D eigenvalue weighted by molar-refractivity contribution is 5.99. The minimum Gasteiger partial charge on any atom is -0.461 e. The molecule has 0 radical (unpaired) electrons. The van der Waals surface area contributed by atoms with Gasteiger partial charge in [-0.15, -0.1) is 0 Å². The Labute approximate surface area is 888 Å². The molecule has 16 aliphatic carbocycles. The molecule has 1 unspecified atom stereocenters. The number of esters is 7. The Balaban J connectivity index is 0.000000160. The van der Waals surface area contributed by atoms with E-state index in [-0.39, 0.29) is 147 Å². The monoisotopic (exact) mass is 2080 g/mol. The van der Waals surface area contributed by atoms with Crippen molar-refractivity contribution >= 4 is 71.0 Å². The van der Waals surface area contributed by atoms with Crippen LogP contribution in [0.15, 0.2) is 130 Å². The van der Waals surface area contributed by atoms with Gasteiger partial charge in [-0.2, -0.15) is 0 Å². The van der Waals surface area contributed by atoms with Gasteiger partial charge >= 0.3 is 41.8 Å². The van der Waals surface area contributed by atoms with Crippen LogP contribution < -0.4 is 0 Å². The molecule has 17 rings (SSSR count). The zero-order valence-corrected chi connectivity index (χ0v) is 93.4. The first-order chi connectivity index (χ1) is 70.3. The van der Waals surface area contributed by atoms with Gasteiger partial charge in [0.05, 0.1) is 40.8 Å². The molecular formula is C123H174O27. The maximum absolute atomic E-state index is 14.8. The van der Waals surface area contributed by atoms with Crippen LogP contribution >= 0.6 is 0 Å². The number of carbonyl (C=O) groups is 11. The summed E-state index contributed by atoms with van der Waals surface area (Å²) in [5, 5.41) is 105. The highest BCUT2D eigenvalue weighted by Gasteiger charge is 2.83. The van der Waals surface area contributed by atoms with Crippen molar-refractivity contribution in [3.8, 4) is 0 Å². The Hall–Kier alpha value is -8.51. The summed E-state index contributed by atoms with van der Waals surface area (Å²) in [6, 6.07) is 9.28. The van der Waals surface area contributed by atoms with Crippen LogP contribution in [-0.4, -0.2) is 209 Å². The third kappa shape index (κ3) is 19.5. The van der Waals surface area contributed by atoms with Gasteiger partial charge in [0.25, 0.3) is 0 Å². The first kappa shape index (κ1) is 117. The van der Waals surface area contributed by atoms with Gasteiger partial charge in [0.15, 0.2) is 76.1 Å². The Morgan fingerprint density at radius 3 is 1.05 bits per heavy atom. The highest BCUT2D eigenvalue weighted by Crippen LogP contribution is 2.77. The lowest BCUT2D eigenvalue weighted by atomic mass is 9.59. The van der Waals surface area contributed by atoms with E-state index >= 15 is 0 Å². The predicted octanol–water partition coefficient (Wildman–Crippen LogP) is 17.2. The lowest BCUT2D eigenvalue weighted by molar-refractivity contribution is -0.211. The van der Waals surface area contributed by atoms with Crippen LogP contribution in [0.1, 0.15) is 313 Å². The fourth-order valence-electron chi connectivity index (χ4n) is 31.6. The van der Waals surface area contributed by atoms with E-state index in [1.807, 2.05) is 78.8 Å². The van der Waals surface area contributed by atoms with Crippen LogP contribution in [0, 0.1) is 150 Å². The Morgan fingerprint density at radius 2 is 0.687 bits per heavy atom. The standard InChI is InChI=1S/C42H68O7.C29H34O6.C26H34O8.C26H38O6/c1-9-10-11-12-13-14-15-16-17-18-19-20-21-22-34(43)48-26-31-24-32-35-33(40(35,7)8)23-29(5)41(37(32)45)25-28(4)38(42(41,47)36(31)44)49-39(46)30(6)27(2)3;1-16-14-28-17(2)12-21-23(27(21,3)4)20(25(28)33)13-19(15-30)24(32)29(28,34)26(16)35-22(31)11-10-18-8-6-5-7-9-18;1-12-10-25-13(2)8-19-20(24(19,6)7)18(21(25)30)9-17(11-32-14(3)27)23(34-16(5)29)26(25,31)22(12)33-15(4)28;1-6-7-8-9-19(28)32-23-14(2)12-25-15(3)10-18-20(24(18,4)5)17(22(25)30)11-16(13-27)21(29)26(23,25)31/h24-25,27,29-30,32-33,35-36,38,44,47H,9-23,26H2,1-8H3;5-11,13-14,17,20-21,23-24,26,30,32,34H,12,15H2,1-4H3;9-10,13,18-20,22-23,31H,8,11H2,1-7H3;11-12,15,17-18,20-21,23,27,29,31H,6-10,13H2,1-5H3/b;11-10+;;/t29-,30?,32+,33-,35+,36-,38+,41+,42+;17-,20+,21-,23+,24-,26+,28+,29+;13-,18+,19-,20+,22+,23-,25+,26-;15-,17+,18-,20+,21-,23+,25+,26+/m1111/s1. The van der Waals surface area contributed by atoms with E-state index in [1.165, 1.54) is 91.1 Å². The van der Waals surface area contributed by atoms with Crippen molar-refractivity contribution in [3.63, 3.8) is 0 Å². The molecule has 0 aliphatic heterocycles. The molecule has 4 spiro atoms. The number of unbranched alkanes of at least 4 members (excludes halogenated alkanes) is 14. The first-order valence-corrected chi connectivity index (χ1v) is 56.2. The van der Waals surface area contributed by atoms with Crippen molar-refractivity contribution < 1.29 is 132 Å². The van der Waals surface area contributed by atoms with E-state index in [1.54, 1.807) is 89.3 Å². The molecule has 0 heterocycles. The number of hydrogen-bond donors (Lipinski definition) is 9. The van der Waals surface area contributed by atoms with Gasteiger partial charge in [0.1, 0.15) is 31.5 Å². The Morgan fingerprint density at radius 1 is 0.380 bits per heavy atom. The van der Waals surface area contributed by atoms with Gasteiger partial charge in [0.2, 0.25) is 0 Å². The van der Waals surface area contributed by atoms with Crippen molar-refractivity contribution in [3.05, 3.63) is 135 Å². The van der Waals surface area contributed by atoms with Crippen LogP contribution in [-0.2, 0) is 85.9 Å². The van der Waals surface area contributed by atoms with E-state index in [0.29, 0.717) is 64.5 Å². The molecule has 8 saturated carbocycles. The zero-order chi connectivity index (χ0) is 110. The maximum atomic E-state index is 14.8. The quantitative estimate of drug-likeness (QED) is 0.0104. The number of Topliss-reactive ketones (excluding diaryl/α,β-unsaturated/α-hetero) is 4. The molecular weight excluding hydrogens is 1910 g/mol. The summed E-state index contributed by atoms with van der Waals surface area (Å²) in [7, 11) is 0. The summed E-state index contributed by atoms with van der Waals surface area (Å²) in [5.74, 6) is -6.65. The van der Waals surface area contributed by atoms with Gasteiger partial charge < -0.3 is 79.1 Å². The molecule has 8 fully saturated rings. The highest BCUT2D eigenvalue weighted by atomic mass is 16.6. The number of carbonyl (C=O) groups excluding carboxylic acids is 11. The number of aliphatic hydroxyl groups excluding tert-OH is 5. The minimum absolute atomic E-state index is 0.0107. The van der Waals surface area contributed by atoms with Gasteiger partial charge in [-0.25, -0.2) is 4.79 Å². The summed E-state index contributed by atoms with van der Waals surface area (Å²) >= 11 is 0. The first-order valence-electron chi connectivity index (χ1n) is 56.2. The molecule has 1 aromatic rings. The van der Waals surface area contributed by atoms with Crippen LogP contribution in [0.25, 0.3) is 6.08 Å². The van der Waals surface area contributed by atoms with Gasteiger partial charge in [0, 0.05) is 68.9 Å². The fraction of sp³-hybridized carbons (Fsp3) is 0.715. The second kappa shape index (κ2) is 43.9. The number of fused-ring (bicyclic) bond motifs is 12. The topological polar surface area (TPSA) is 434 Å². The van der Waals surface area contributed by atoms with E-state index in [9.17, 15) is 98.7 Å². The smallest absolute Gasteiger partial charge is 0.331 e. The lowest BCUT2D eigenvalue weighted by Gasteiger charge is -2.49. The number of ether oxygens (including phenoxy) is 7. The second-order valence-corrected chi connectivity index (χ2v) is 50.9. The molecule has 0 amide bonds. The normalized spacial score (nSPS) is 39.4. The molecule has 16 aliphatic rings. The predicted molar refractivity (Wildman–Crippen MR) is 564 cm³/mol. The summed E-state index contributed by atoms with van der Waals surface area (Å²) in [6.45, 7) is 44.3. The van der Waals surface area contributed by atoms with Crippen LogP contribution in [0.5, 0.6) is 0 Å². The maximum Gasteiger partial charge on any atom is 0.331 e. The van der Waals surface area contributed by atoms with Crippen molar-refractivity contribution in [2.24, 2.45) is 150 Å². The van der Waals surface area contributed by atoms with E-state index < -0.39 is 172 Å². The number of aliphatic hydroxyl groups is 9. The molecule has 0 saturated heterocycles. The number of allylic oxidation sites excluding steroid dienone is 4. The fourth-order valence-corrected chi connectivity index (χ4v) is 31.6. The van der Waals surface area contributed by atoms with E-state index in [4.69, 9.17) is 33.2 Å². The van der Waals surface area contributed by atoms with Crippen molar-refractivity contribution in [2.75, 3.05) is 26.4 Å². The van der Waals surface area contributed by atoms with Crippen LogP contribution in [0.2, 0.25) is 0 Å². The molecule has 33 atom stereocenters. The third-order valence-corrected chi connectivity index (χ3v) is 40.4. The van der Waals surface area contributed by atoms with E-state index in [0.717, 1.165) is 56.9 Å². The zero-order valence-electron chi connectivity index (χ0n) is 93.4. The molecule has 0 aromatic heterocycles. The Bertz CT molecular complexity index is 5610. The average Bonchev–Trinajstić information content (AvgIpc) is 1.50. The molecule has 9 N–H and O–H groups in total. The third-order valence-electron chi connectivity index (χ3n) is 40.4. The largest absolute Gasteiger partial charge is 0.461 e. The summed E-state index contributed by atoms with van der Waals surface area (Å²) in [6.07, 6.45) is 27.9. The van der Waals surface area contributed by atoms with Gasteiger partial charge in [-0.3, -0.25) is 47.9 Å². The minimum atomic E-state index is -2.12. The molecule has 828 valence electrons. The average molecular weight is 2080 g/mol. The van der Waals surface area contributed by atoms with E-state index in [2.05, 4.69) is 62.3 Å². The van der Waals surface area contributed by atoms with Crippen molar-refractivity contribution in [2.45, 2.75) is 379 Å². The van der Waals surface area contributed by atoms with Crippen molar-refractivity contribution in [1.82, 2.24) is 0 Å². The summed E-state index contributed by atoms with van der Waals surface area (Å²) < 4.78 is 39.9. The second-order valence-electron chi connectivity index (χ2n) is 50.9. The summed E-state index contributed by atoms with van der Waals surface area (Å²) in [4.78, 5) is 145. The number of benzene rings is 1. The lowest BCUT2D eigenvalue weighted by Crippen LogP contribution is -2.66. The molecule has 27 nitrogen and oxygen atoms in total. The SMILES string of the molecule is CC(=O)OCC1=C[C@@H]2C(=O)[C@]3(C=C(C)[C@H](OC(C)=O)[C@@]3(O)[C@@H]1OC(C)=O)[C@H](C)C[C@@H]1[C@H]2C1(C)C.CC1=C[C@]23C(=O)[C@@H](C=C(CO)[C@@H](O)[C@]2(O)[C@H]1OC(=O)/C=C/c1ccccc1)[C@H]1[C@@H](C[C@H]3C)C1(C)C.CCCCCC(=O)O[C@H]1C(C)=C[C@]23C(=O)[C@@H](C=C(CO)[C@@H](O)[C@]12O)[C@H]1[C@@H](C[C@H]3C)C1(C)C.CCCCCCCCCCCCCCCC(=O)OCC1=C[C@@H]2C(=O)[C@]3(C=C(C)[C@H](OC(=O)C(C)C(C)C)[C@@]3(O)[C@@H]1O)[C@H](C)C[C@@H]1[C@H]2C1(C)C. The Kier molecular flexibility index (Phi) is 34.3. The molecule has 27 heteroatoms. The number of ketones is 4. The van der Waals surface area contributed by atoms with Crippen LogP contribution in [0.3, 0.4) is 0 Å². The van der Waals surface area contributed by atoms with Gasteiger partial charge in [-0.05, 0) is 215 Å². The molecule has 8 bridgehead atoms. The van der Waals surface area contributed by atoms with Gasteiger partial charge in [-0.1, -0.05) is 287 Å². The molecule has 150 heavy (non-hydrogen) atoms. The van der Waals surface area contributed by atoms with Crippen LogP contribution in [0.4, 0.5) is 0 Å². The molecule has 1 aromatic carbocycles. The van der Waals surface area contributed by atoms with Crippen molar-refractivity contribution in [1.29, 1.82) is 0 Å². The summed E-state index contributed by atoms with van der Waals surface area (Å²) in [5.41, 5.74) is -10.1.